The molecule has 0 aliphatic carbocycles. The highest BCUT2D eigenvalue weighted by atomic mass is 79.9. The summed E-state index contributed by atoms with van der Waals surface area (Å²) < 4.78 is 62.8. The number of hydrogen-bond acceptors (Lipinski definition) is 15. The predicted molar refractivity (Wildman–Crippen MR) is 225 cm³/mol. The van der Waals surface area contributed by atoms with E-state index in [1.807, 2.05) is 60.3 Å². The second kappa shape index (κ2) is 18.8. The van der Waals surface area contributed by atoms with E-state index in [1.54, 1.807) is 4.31 Å². The highest BCUT2D eigenvalue weighted by Gasteiger charge is 2.28. The Balaban J connectivity index is 0.000000219. The van der Waals surface area contributed by atoms with Gasteiger partial charge in [-0.3, -0.25) is 9.59 Å². The summed E-state index contributed by atoms with van der Waals surface area (Å²) >= 11 is 6.84. The van der Waals surface area contributed by atoms with Gasteiger partial charge in [-0.2, -0.15) is 18.6 Å². The number of nitrogens with two attached hydrogens (primary N) is 2. The van der Waals surface area contributed by atoms with Crippen LogP contribution in [0.15, 0.2) is 78.7 Å². The first kappa shape index (κ1) is 43.6. The Hall–Kier alpha value is -4.52. The van der Waals surface area contributed by atoms with Crippen LogP contribution >= 0.6 is 31.9 Å². The molecular formula is C34H43Br2N11O8S2. The molecule has 2 fully saturated rings. The van der Waals surface area contributed by atoms with Gasteiger partial charge in [0, 0.05) is 84.6 Å². The van der Waals surface area contributed by atoms with Gasteiger partial charge in [0.25, 0.3) is 23.8 Å². The lowest BCUT2D eigenvalue weighted by Crippen LogP contribution is -2.50. The van der Waals surface area contributed by atoms with Crippen LogP contribution in [0.1, 0.15) is 21.0 Å². The highest BCUT2D eigenvalue weighted by Crippen LogP contribution is 2.31. The molecule has 0 unspecified atom stereocenters. The Labute approximate surface area is 347 Å². The average molecular weight is 958 g/mol. The van der Waals surface area contributed by atoms with Gasteiger partial charge in [-0.25, -0.2) is 16.8 Å². The van der Waals surface area contributed by atoms with Crippen LogP contribution in [0, 0.1) is 0 Å². The smallest absolute Gasteiger partial charge is 0.292 e. The number of aromatic nitrogens is 2. The van der Waals surface area contributed by atoms with Gasteiger partial charge in [0.1, 0.15) is 12.5 Å². The van der Waals surface area contributed by atoms with Gasteiger partial charge in [-0.05, 0) is 82.4 Å². The molecule has 2 aromatic carbocycles. The summed E-state index contributed by atoms with van der Waals surface area (Å²) in [6.07, 6.45) is 2.38. The van der Waals surface area contributed by atoms with Crippen molar-refractivity contribution in [3.05, 3.63) is 81.2 Å². The molecule has 6 N–H and O–H groups in total. The van der Waals surface area contributed by atoms with E-state index in [4.69, 9.17) is 20.3 Å². The maximum atomic E-state index is 12.5. The molecule has 2 saturated heterocycles. The SMILES string of the molecule is C=CS(=O)(=O)N1CCN(c2ccc(Br)c(NC(=O)c3coc(N)n3)c2)CC1.CN(C)CCS(=O)(=O)N1CCN(c2ccc(Br)c(NC(=O)c3coc(N)n3)c2)CC1. The lowest BCUT2D eigenvalue weighted by molar-refractivity contribution is 0.101. The van der Waals surface area contributed by atoms with Crippen LogP contribution in [-0.4, -0.2) is 131 Å². The van der Waals surface area contributed by atoms with Crippen LogP contribution < -0.4 is 31.9 Å². The van der Waals surface area contributed by atoms with Crippen LogP contribution in [0.25, 0.3) is 0 Å². The van der Waals surface area contributed by atoms with Crippen LogP contribution in [-0.2, 0) is 20.0 Å². The quantitative estimate of drug-likeness (QED) is 0.159. The minimum atomic E-state index is -3.41. The number of nitrogens with one attached hydrogen (secondary N) is 2. The third-order valence-corrected chi connectivity index (χ3v) is 13.6. The van der Waals surface area contributed by atoms with Crippen molar-refractivity contribution < 1.29 is 35.3 Å². The van der Waals surface area contributed by atoms with Crippen molar-refractivity contribution in [2.24, 2.45) is 0 Å². The molecule has 2 aliphatic heterocycles. The van der Waals surface area contributed by atoms with Gasteiger partial charge < -0.3 is 45.6 Å². The first-order valence-corrected chi connectivity index (χ1v) is 22.0. The molecular weight excluding hydrogens is 914 g/mol. The van der Waals surface area contributed by atoms with Crippen molar-refractivity contribution in [1.29, 1.82) is 0 Å². The summed E-state index contributed by atoms with van der Waals surface area (Å²) in [6.45, 7) is 7.61. The molecule has 23 heteroatoms. The second-order valence-electron chi connectivity index (χ2n) is 13.0. The number of carbonyl (C=O) groups excluding carboxylic acids is 2. The number of rotatable bonds is 12. The summed E-state index contributed by atoms with van der Waals surface area (Å²) in [6, 6.07) is 10.9. The molecule has 2 aliphatic rings. The number of sulfonamides is 2. The second-order valence-corrected chi connectivity index (χ2v) is 18.7. The van der Waals surface area contributed by atoms with Gasteiger partial charge in [0.05, 0.1) is 17.1 Å². The Kier molecular flexibility index (Phi) is 14.4. The van der Waals surface area contributed by atoms with E-state index in [0.717, 1.165) is 16.8 Å². The Bertz CT molecular complexity index is 2290. The fourth-order valence-corrected chi connectivity index (χ4v) is 8.87. The molecule has 0 bridgehead atoms. The van der Waals surface area contributed by atoms with E-state index < -0.39 is 31.9 Å². The van der Waals surface area contributed by atoms with Crippen molar-refractivity contribution in [1.82, 2.24) is 23.5 Å². The molecule has 4 aromatic rings. The number of halogens is 2. The van der Waals surface area contributed by atoms with Gasteiger partial charge >= 0.3 is 0 Å². The van der Waals surface area contributed by atoms with Crippen LogP contribution in [0.5, 0.6) is 0 Å². The first-order chi connectivity index (χ1) is 26.9. The van der Waals surface area contributed by atoms with Gasteiger partial charge in [-0.15, -0.1) is 0 Å². The number of nitrogens with zero attached hydrogens (tertiary/aromatic N) is 7. The molecule has 308 valence electrons. The molecule has 2 amide bonds. The Morgan fingerprint density at radius 3 is 1.56 bits per heavy atom. The monoisotopic (exact) mass is 955 g/mol. The van der Waals surface area contributed by atoms with E-state index in [-0.39, 0.29) is 29.2 Å². The number of amides is 2. The van der Waals surface area contributed by atoms with Gasteiger partial charge in [0.2, 0.25) is 20.0 Å². The topological polar surface area (TPSA) is 247 Å². The van der Waals surface area contributed by atoms with Crippen molar-refractivity contribution in [3.8, 4) is 0 Å². The lowest BCUT2D eigenvalue weighted by Gasteiger charge is -2.35. The number of nitrogen functional groups attached to an aromatic ring is 2. The maximum Gasteiger partial charge on any atom is 0.292 e. The summed E-state index contributed by atoms with van der Waals surface area (Å²) in [7, 11) is -2.96. The number of piperazine rings is 2. The molecule has 6 rings (SSSR count). The number of benzene rings is 2. The minimum absolute atomic E-state index is 0.0769. The maximum absolute atomic E-state index is 12.5. The molecule has 2 aromatic heterocycles. The number of hydrogen-bond donors (Lipinski definition) is 4. The standard InChI is InChI=1S/C18H25BrN6O4S.C16H18BrN5O4S/c1-23(2)9-10-30(27,28)25-7-5-24(6-8-25)13-3-4-14(19)15(11-13)21-17(26)16-12-29-18(20)22-16;1-2-27(24,25)22-7-5-21(6-8-22)11-3-4-12(17)13(9-11)19-15(23)14-10-26-16(18)20-14/h3-4,11-12H,5-10H2,1-2H3,(H2,20,22)(H,21,26);2-4,9-10H,1,5-8H2,(H2,18,20)(H,19,23). The van der Waals surface area contributed by atoms with Crippen LogP contribution in [0.3, 0.4) is 0 Å². The van der Waals surface area contributed by atoms with Crippen molar-refractivity contribution >= 4 is 98.5 Å². The predicted octanol–water partition coefficient (Wildman–Crippen LogP) is 3.15. The van der Waals surface area contributed by atoms with E-state index in [1.165, 1.54) is 16.8 Å². The highest BCUT2D eigenvalue weighted by molar-refractivity contribution is 9.11. The molecule has 4 heterocycles. The molecule has 19 nitrogen and oxygen atoms in total. The molecule has 57 heavy (non-hydrogen) atoms. The van der Waals surface area contributed by atoms with E-state index >= 15 is 0 Å². The Morgan fingerprint density at radius 2 is 1.19 bits per heavy atom. The lowest BCUT2D eigenvalue weighted by atomic mass is 10.2. The molecule has 0 spiro atoms. The van der Waals surface area contributed by atoms with E-state index in [0.29, 0.717) is 79.2 Å². The zero-order valence-electron chi connectivity index (χ0n) is 31.1. The van der Waals surface area contributed by atoms with Crippen LogP contribution in [0.2, 0.25) is 0 Å². The summed E-state index contributed by atoms with van der Waals surface area (Å²) in [5, 5.41) is 6.49. The Morgan fingerprint density at radius 1 is 0.772 bits per heavy atom. The van der Waals surface area contributed by atoms with Crippen molar-refractivity contribution in [2.45, 2.75) is 0 Å². The largest absolute Gasteiger partial charge is 0.431 e. The number of anilines is 6. The zero-order valence-corrected chi connectivity index (χ0v) is 35.9. The molecule has 0 atom stereocenters. The molecule has 0 saturated carbocycles. The normalized spacial score (nSPS) is 15.5. The molecule has 0 radical (unpaired) electrons. The third-order valence-electron chi connectivity index (χ3n) is 8.87. The van der Waals surface area contributed by atoms with E-state index in [9.17, 15) is 26.4 Å². The van der Waals surface area contributed by atoms with Crippen molar-refractivity contribution in [2.75, 3.05) is 111 Å². The summed E-state index contributed by atoms with van der Waals surface area (Å²) in [4.78, 5) is 38.2. The first-order valence-electron chi connectivity index (χ1n) is 17.3. The fraction of sp³-hybridized carbons (Fsp3) is 0.353. The third kappa shape index (κ3) is 11.5. The fourth-order valence-electron chi connectivity index (χ4n) is 5.73. The van der Waals surface area contributed by atoms with Crippen LogP contribution in [0.4, 0.5) is 34.8 Å². The van der Waals surface area contributed by atoms with Gasteiger partial charge in [0.15, 0.2) is 11.4 Å². The minimum Gasteiger partial charge on any atom is -0.431 e. The average Bonchev–Trinajstić information content (AvgIpc) is 3.84. The van der Waals surface area contributed by atoms with Crippen molar-refractivity contribution in [3.63, 3.8) is 0 Å². The number of carbonyl (C=O) groups is 2. The zero-order chi connectivity index (χ0) is 41.5. The van der Waals surface area contributed by atoms with E-state index in [2.05, 4.69) is 63.9 Å². The number of oxazole rings is 2. The van der Waals surface area contributed by atoms with Gasteiger partial charge in [-0.1, -0.05) is 6.58 Å². The summed E-state index contributed by atoms with van der Waals surface area (Å²) in [5.41, 5.74) is 13.8. The summed E-state index contributed by atoms with van der Waals surface area (Å²) in [5.74, 6) is -0.776.